The van der Waals surface area contributed by atoms with Crippen molar-refractivity contribution < 1.29 is 5.11 Å². The number of aliphatic hydroxyl groups excluding tert-OH is 1. The largest absolute Gasteiger partial charge is 0.393 e. The topological polar surface area (TPSA) is 53.7 Å². The van der Waals surface area contributed by atoms with Crippen LogP contribution in [0.15, 0.2) is 36.5 Å². The molecule has 3 aromatic rings. The van der Waals surface area contributed by atoms with Gasteiger partial charge in [0.05, 0.1) is 17.1 Å². The van der Waals surface area contributed by atoms with Gasteiger partial charge >= 0.3 is 0 Å². The molecule has 1 aromatic carbocycles. The number of hydrogen-bond donors (Lipinski definition) is 1. The molecule has 1 aliphatic heterocycles. The van der Waals surface area contributed by atoms with Gasteiger partial charge < -0.3 is 10.0 Å². The van der Waals surface area contributed by atoms with E-state index in [-0.39, 0.29) is 6.10 Å². The van der Waals surface area contributed by atoms with Crippen molar-refractivity contribution in [2.45, 2.75) is 18.9 Å². The van der Waals surface area contributed by atoms with Crippen LogP contribution in [-0.2, 0) is 0 Å². The van der Waals surface area contributed by atoms with Crippen molar-refractivity contribution in [3.8, 4) is 0 Å². The molecule has 5 nitrogen and oxygen atoms in total. The smallest absolute Gasteiger partial charge is 0.236 e. The maximum absolute atomic E-state index is 9.58. The van der Waals surface area contributed by atoms with E-state index in [1.807, 2.05) is 40.9 Å². The number of imidazole rings is 1. The fourth-order valence-corrected chi connectivity index (χ4v) is 2.81. The summed E-state index contributed by atoms with van der Waals surface area (Å²) >= 11 is 0. The molecule has 0 amide bonds. The van der Waals surface area contributed by atoms with E-state index in [1.54, 1.807) is 0 Å². The number of rotatable bonds is 1. The first kappa shape index (κ1) is 11.7. The number of aromatic nitrogens is 3. The zero-order valence-corrected chi connectivity index (χ0v) is 11.1. The monoisotopic (exact) mass is 268 g/mol. The van der Waals surface area contributed by atoms with Crippen LogP contribution in [0.2, 0.25) is 0 Å². The van der Waals surface area contributed by atoms with Gasteiger partial charge in [0.1, 0.15) is 5.82 Å². The van der Waals surface area contributed by atoms with E-state index in [9.17, 15) is 5.11 Å². The van der Waals surface area contributed by atoms with Crippen LogP contribution in [-0.4, -0.2) is 38.7 Å². The van der Waals surface area contributed by atoms with Gasteiger partial charge in [-0.25, -0.2) is 4.98 Å². The number of para-hydroxylation sites is 2. The van der Waals surface area contributed by atoms with E-state index in [4.69, 9.17) is 0 Å². The van der Waals surface area contributed by atoms with E-state index in [1.165, 1.54) is 0 Å². The zero-order chi connectivity index (χ0) is 13.5. The van der Waals surface area contributed by atoms with Crippen LogP contribution in [0.25, 0.3) is 16.8 Å². The summed E-state index contributed by atoms with van der Waals surface area (Å²) in [5, 5.41) is 9.58. The second-order valence-electron chi connectivity index (χ2n) is 5.27. The van der Waals surface area contributed by atoms with Crippen LogP contribution in [0.5, 0.6) is 0 Å². The number of aliphatic hydroxyl groups is 1. The van der Waals surface area contributed by atoms with Gasteiger partial charge in [-0.3, -0.25) is 4.40 Å². The second kappa shape index (κ2) is 4.45. The highest BCUT2D eigenvalue weighted by Gasteiger charge is 2.18. The number of nitrogens with zero attached hydrogens (tertiary/aromatic N) is 4. The van der Waals surface area contributed by atoms with Crippen molar-refractivity contribution in [2.24, 2.45) is 0 Å². The molecule has 5 heteroatoms. The molecule has 0 aliphatic carbocycles. The molecule has 0 spiro atoms. The van der Waals surface area contributed by atoms with Crippen LogP contribution in [0.1, 0.15) is 12.8 Å². The van der Waals surface area contributed by atoms with Crippen molar-refractivity contribution in [3.63, 3.8) is 0 Å². The van der Waals surface area contributed by atoms with E-state index in [0.717, 1.165) is 48.6 Å². The average Bonchev–Trinajstić information content (AvgIpc) is 2.85. The molecule has 1 aliphatic rings. The minimum absolute atomic E-state index is 0.163. The quantitative estimate of drug-likeness (QED) is 0.731. The fraction of sp³-hybridized carbons (Fsp3) is 0.333. The van der Waals surface area contributed by atoms with E-state index in [2.05, 4.69) is 14.9 Å². The molecule has 20 heavy (non-hydrogen) atoms. The number of hydrogen-bond acceptors (Lipinski definition) is 4. The number of anilines is 1. The van der Waals surface area contributed by atoms with Crippen molar-refractivity contribution in [1.82, 2.24) is 14.4 Å². The molecule has 1 fully saturated rings. The summed E-state index contributed by atoms with van der Waals surface area (Å²) in [6, 6.07) is 10.1. The predicted octanol–water partition coefficient (Wildman–Crippen LogP) is 1.84. The minimum Gasteiger partial charge on any atom is -0.393 e. The highest BCUT2D eigenvalue weighted by atomic mass is 16.3. The maximum Gasteiger partial charge on any atom is 0.236 e. The number of fused-ring (bicyclic) bond motifs is 3. The Hall–Kier alpha value is -2.14. The van der Waals surface area contributed by atoms with Crippen LogP contribution in [0.4, 0.5) is 5.82 Å². The SMILES string of the molecule is OC1CCN(c2ccn3c(n2)nc2ccccc23)CC1. The molecule has 2 aromatic heterocycles. The van der Waals surface area contributed by atoms with Gasteiger partial charge in [0.25, 0.3) is 0 Å². The third kappa shape index (κ3) is 1.82. The average molecular weight is 268 g/mol. The molecular weight excluding hydrogens is 252 g/mol. The van der Waals surface area contributed by atoms with Crippen molar-refractivity contribution in [3.05, 3.63) is 36.5 Å². The van der Waals surface area contributed by atoms with Crippen LogP contribution in [0, 0.1) is 0 Å². The molecule has 4 rings (SSSR count). The first-order valence-corrected chi connectivity index (χ1v) is 6.98. The lowest BCUT2D eigenvalue weighted by atomic mass is 10.1. The lowest BCUT2D eigenvalue weighted by molar-refractivity contribution is 0.145. The molecule has 102 valence electrons. The lowest BCUT2D eigenvalue weighted by Gasteiger charge is -2.30. The summed E-state index contributed by atoms with van der Waals surface area (Å²) in [5.41, 5.74) is 2.04. The van der Waals surface area contributed by atoms with Gasteiger partial charge in [0, 0.05) is 19.3 Å². The second-order valence-corrected chi connectivity index (χ2v) is 5.27. The molecule has 0 radical (unpaired) electrons. The molecule has 0 unspecified atom stereocenters. The minimum atomic E-state index is -0.163. The number of piperidine rings is 1. The van der Waals surface area contributed by atoms with Crippen molar-refractivity contribution in [2.75, 3.05) is 18.0 Å². The highest BCUT2D eigenvalue weighted by Crippen LogP contribution is 2.21. The Morgan fingerprint density at radius 2 is 1.85 bits per heavy atom. The zero-order valence-electron chi connectivity index (χ0n) is 11.1. The van der Waals surface area contributed by atoms with Crippen molar-refractivity contribution in [1.29, 1.82) is 0 Å². The Bertz CT molecular complexity index is 759. The van der Waals surface area contributed by atoms with Gasteiger partial charge in [0.2, 0.25) is 5.78 Å². The Balaban J connectivity index is 1.77. The Morgan fingerprint density at radius 1 is 1.05 bits per heavy atom. The van der Waals surface area contributed by atoms with E-state index in [0.29, 0.717) is 0 Å². The Morgan fingerprint density at radius 3 is 2.70 bits per heavy atom. The lowest BCUT2D eigenvalue weighted by Crippen LogP contribution is -2.36. The summed E-state index contributed by atoms with van der Waals surface area (Å²) in [6.07, 6.45) is 3.48. The molecule has 0 bridgehead atoms. The van der Waals surface area contributed by atoms with Gasteiger partial charge in [-0.05, 0) is 31.0 Å². The summed E-state index contributed by atoms with van der Waals surface area (Å²) in [6.45, 7) is 1.70. The third-order valence-electron chi connectivity index (χ3n) is 3.95. The summed E-state index contributed by atoms with van der Waals surface area (Å²) in [5.74, 6) is 1.68. The maximum atomic E-state index is 9.58. The predicted molar refractivity (Wildman–Crippen MR) is 77.9 cm³/mol. The Labute approximate surface area is 116 Å². The molecule has 1 N–H and O–H groups in total. The number of benzene rings is 1. The molecule has 0 saturated carbocycles. The van der Waals surface area contributed by atoms with Gasteiger partial charge in [-0.15, -0.1) is 0 Å². The standard InChI is InChI=1S/C15H16N4O/c20-11-5-8-18(9-6-11)14-7-10-19-13-4-2-1-3-12(13)16-15(19)17-14/h1-4,7,10-11,20H,5-6,8-9H2. The summed E-state index contributed by atoms with van der Waals surface area (Å²) < 4.78 is 2.01. The Kier molecular flexibility index (Phi) is 2.60. The van der Waals surface area contributed by atoms with E-state index >= 15 is 0 Å². The first-order valence-electron chi connectivity index (χ1n) is 6.98. The molecule has 1 saturated heterocycles. The van der Waals surface area contributed by atoms with Gasteiger partial charge in [-0.2, -0.15) is 4.98 Å². The van der Waals surface area contributed by atoms with Crippen LogP contribution < -0.4 is 4.90 Å². The summed E-state index contributed by atoms with van der Waals surface area (Å²) in [7, 11) is 0. The normalized spacial score (nSPS) is 17.1. The third-order valence-corrected chi connectivity index (χ3v) is 3.95. The van der Waals surface area contributed by atoms with E-state index < -0.39 is 0 Å². The van der Waals surface area contributed by atoms with Gasteiger partial charge in [-0.1, -0.05) is 12.1 Å². The molecule has 3 heterocycles. The first-order chi connectivity index (χ1) is 9.81. The molecule has 0 atom stereocenters. The van der Waals surface area contributed by atoms with Crippen LogP contribution in [0.3, 0.4) is 0 Å². The van der Waals surface area contributed by atoms with Gasteiger partial charge in [0.15, 0.2) is 0 Å². The molecular formula is C15H16N4O. The van der Waals surface area contributed by atoms with Crippen LogP contribution >= 0.6 is 0 Å². The highest BCUT2D eigenvalue weighted by molar-refractivity contribution is 5.79. The fourth-order valence-electron chi connectivity index (χ4n) is 2.81. The van der Waals surface area contributed by atoms with Crippen molar-refractivity contribution >= 4 is 22.6 Å². The summed E-state index contributed by atoms with van der Waals surface area (Å²) in [4.78, 5) is 11.4.